The van der Waals surface area contributed by atoms with Crippen molar-refractivity contribution in [3.8, 4) is 11.5 Å². The summed E-state index contributed by atoms with van der Waals surface area (Å²) in [5, 5.41) is 4.35. The number of carbonyl (C=O) groups is 1. The molecule has 3 aromatic rings. The molecule has 0 aliphatic carbocycles. The van der Waals surface area contributed by atoms with Crippen LogP contribution in [0.15, 0.2) is 51.5 Å². The molecule has 0 fully saturated rings. The predicted molar refractivity (Wildman–Crippen MR) is 131 cm³/mol. The molecule has 0 unspecified atom stereocenters. The van der Waals surface area contributed by atoms with Crippen LogP contribution in [0.4, 0.5) is 27.6 Å². The van der Waals surface area contributed by atoms with Crippen LogP contribution in [-0.2, 0) is 11.4 Å². The molecule has 192 valence electrons. The summed E-state index contributed by atoms with van der Waals surface area (Å²) in [5.74, 6) is -11.7. The first kappa shape index (κ1) is 26.6. The Morgan fingerprint density at radius 1 is 1.03 bits per heavy atom. The highest BCUT2D eigenvalue weighted by molar-refractivity contribution is 9.10. The maximum atomic E-state index is 14.4. The molecule has 0 radical (unpaired) electrons. The van der Waals surface area contributed by atoms with Crippen molar-refractivity contribution in [1.82, 2.24) is 0 Å². The van der Waals surface area contributed by atoms with Gasteiger partial charge in [0.1, 0.15) is 12.3 Å². The number of methoxy groups -OCH3 is 1. The molecule has 12 heteroatoms. The summed E-state index contributed by atoms with van der Waals surface area (Å²) in [6.45, 7) is 1.38. The highest BCUT2D eigenvalue weighted by atomic mass is 79.9. The fraction of sp³-hybridized carbons (Fsp3) is 0.120. The Kier molecular flexibility index (Phi) is 7.56. The Morgan fingerprint density at radius 2 is 1.65 bits per heavy atom. The van der Waals surface area contributed by atoms with Crippen LogP contribution < -0.4 is 14.5 Å². The van der Waals surface area contributed by atoms with Gasteiger partial charge in [0.15, 0.2) is 34.8 Å². The molecule has 0 saturated heterocycles. The summed E-state index contributed by atoms with van der Waals surface area (Å²) in [5.41, 5.74) is -0.724. The molecule has 37 heavy (non-hydrogen) atoms. The fourth-order valence-electron chi connectivity index (χ4n) is 3.54. The molecule has 0 atom stereocenters. The lowest BCUT2D eigenvalue weighted by Gasteiger charge is -2.16. The van der Waals surface area contributed by atoms with Crippen molar-refractivity contribution in [2.24, 2.45) is 5.10 Å². The first-order chi connectivity index (χ1) is 17.5. The van der Waals surface area contributed by atoms with Crippen LogP contribution in [0.2, 0.25) is 5.02 Å². The molecule has 0 aromatic heterocycles. The number of hydrogen-bond donors (Lipinski definition) is 0. The molecular weight excluding hydrogens is 587 g/mol. The van der Waals surface area contributed by atoms with Crippen LogP contribution in [0.3, 0.4) is 0 Å². The third-order valence-corrected chi connectivity index (χ3v) is 6.19. The van der Waals surface area contributed by atoms with Gasteiger partial charge in [-0.3, -0.25) is 4.79 Å². The summed E-state index contributed by atoms with van der Waals surface area (Å²) >= 11 is 9.54. The SMILES string of the molecule is COc1cc(Br)cc(/C=C2\C(=O)N(c3c(F)c(F)c(F)c(F)c3F)N=C2C)c1OCc1ccccc1Cl. The lowest BCUT2D eigenvalue weighted by molar-refractivity contribution is -0.114. The molecule has 1 amide bonds. The number of rotatable bonds is 6. The normalized spacial score (nSPS) is 14.4. The average molecular weight is 602 g/mol. The van der Waals surface area contributed by atoms with Crippen LogP contribution in [0, 0.1) is 29.1 Å². The number of hydrazone groups is 1. The molecule has 4 rings (SSSR count). The second kappa shape index (κ2) is 10.5. The summed E-state index contributed by atoms with van der Waals surface area (Å²) in [6, 6.07) is 10.2. The van der Waals surface area contributed by atoms with E-state index >= 15 is 0 Å². The first-order valence-corrected chi connectivity index (χ1v) is 11.6. The van der Waals surface area contributed by atoms with E-state index in [9.17, 15) is 26.7 Å². The minimum absolute atomic E-state index is 0.0333. The first-order valence-electron chi connectivity index (χ1n) is 10.4. The van der Waals surface area contributed by atoms with Gasteiger partial charge in [-0.2, -0.15) is 10.1 Å². The second-order valence-corrected chi connectivity index (χ2v) is 9.01. The number of hydrogen-bond acceptors (Lipinski definition) is 4. The van der Waals surface area contributed by atoms with Crippen LogP contribution >= 0.6 is 27.5 Å². The van der Waals surface area contributed by atoms with Gasteiger partial charge in [-0.25, -0.2) is 22.0 Å². The average Bonchev–Trinajstić information content (AvgIpc) is 3.14. The van der Waals surface area contributed by atoms with Crippen molar-refractivity contribution in [1.29, 1.82) is 0 Å². The van der Waals surface area contributed by atoms with Crippen molar-refractivity contribution in [2.45, 2.75) is 13.5 Å². The molecule has 1 aliphatic heterocycles. The molecule has 1 aliphatic rings. The summed E-state index contributed by atoms with van der Waals surface area (Å²) in [4.78, 5) is 13.1. The van der Waals surface area contributed by atoms with E-state index in [2.05, 4.69) is 21.0 Å². The van der Waals surface area contributed by atoms with E-state index in [4.69, 9.17) is 21.1 Å². The van der Waals surface area contributed by atoms with Crippen LogP contribution in [0.5, 0.6) is 11.5 Å². The zero-order valence-corrected chi connectivity index (χ0v) is 21.4. The Labute approximate surface area is 220 Å². The monoisotopic (exact) mass is 600 g/mol. The van der Waals surface area contributed by atoms with Crippen LogP contribution in [0.1, 0.15) is 18.1 Å². The van der Waals surface area contributed by atoms with Gasteiger partial charge in [0.05, 0.1) is 18.4 Å². The third kappa shape index (κ3) is 4.93. The van der Waals surface area contributed by atoms with Crippen molar-refractivity contribution in [3.63, 3.8) is 0 Å². The van der Waals surface area contributed by atoms with E-state index in [1.807, 2.05) is 0 Å². The quantitative estimate of drug-likeness (QED) is 0.130. The van der Waals surface area contributed by atoms with E-state index in [1.54, 1.807) is 36.4 Å². The molecule has 0 spiro atoms. The van der Waals surface area contributed by atoms with Crippen molar-refractivity contribution in [2.75, 3.05) is 12.1 Å². The Hall–Kier alpha value is -3.44. The summed E-state index contributed by atoms with van der Waals surface area (Å²) < 4.78 is 81.6. The van der Waals surface area contributed by atoms with E-state index in [0.29, 0.717) is 20.6 Å². The number of halogens is 7. The smallest absolute Gasteiger partial charge is 0.280 e. The zero-order valence-electron chi connectivity index (χ0n) is 19.0. The number of nitrogens with zero attached hydrogens (tertiary/aromatic N) is 2. The van der Waals surface area contributed by atoms with Gasteiger partial charge in [-0.15, -0.1) is 0 Å². The molecule has 3 aromatic carbocycles. The molecule has 0 saturated carbocycles. The van der Waals surface area contributed by atoms with Gasteiger partial charge in [-0.1, -0.05) is 45.7 Å². The lowest BCUT2D eigenvalue weighted by Crippen LogP contribution is -2.25. The van der Waals surface area contributed by atoms with Gasteiger partial charge < -0.3 is 9.47 Å². The molecule has 0 N–H and O–H groups in total. The van der Waals surface area contributed by atoms with E-state index < -0.39 is 40.7 Å². The van der Waals surface area contributed by atoms with E-state index in [-0.39, 0.29) is 34.4 Å². The molecule has 0 bridgehead atoms. The largest absolute Gasteiger partial charge is 0.493 e. The number of ether oxygens (including phenoxy) is 2. The molecule has 5 nitrogen and oxygen atoms in total. The second-order valence-electron chi connectivity index (χ2n) is 7.69. The van der Waals surface area contributed by atoms with Crippen molar-refractivity contribution in [3.05, 3.63) is 91.7 Å². The summed E-state index contributed by atoms with van der Waals surface area (Å²) in [7, 11) is 1.40. The van der Waals surface area contributed by atoms with Crippen molar-refractivity contribution < 1.29 is 36.2 Å². The van der Waals surface area contributed by atoms with Gasteiger partial charge >= 0.3 is 0 Å². The van der Waals surface area contributed by atoms with E-state index in [1.165, 1.54) is 20.1 Å². The zero-order chi connectivity index (χ0) is 27.0. The van der Waals surface area contributed by atoms with E-state index in [0.717, 1.165) is 0 Å². The van der Waals surface area contributed by atoms with Gasteiger partial charge in [0, 0.05) is 20.6 Å². The standard InChI is InChI=1S/C25H15BrClF5N2O3/c1-11-15(25(35)34(33-11)23-21(31)19(29)18(28)20(30)22(23)32)8-13-7-14(26)9-17(36-2)24(13)37-10-12-5-3-4-6-16(12)27/h3-9H,10H2,1-2H3/b15-8-. The maximum Gasteiger partial charge on any atom is 0.280 e. The Morgan fingerprint density at radius 3 is 2.27 bits per heavy atom. The van der Waals surface area contributed by atoms with Gasteiger partial charge in [0.25, 0.3) is 5.91 Å². The minimum Gasteiger partial charge on any atom is -0.493 e. The van der Waals surface area contributed by atoms with Gasteiger partial charge in [0.2, 0.25) is 5.82 Å². The molecule has 1 heterocycles. The van der Waals surface area contributed by atoms with Crippen LogP contribution in [0.25, 0.3) is 6.08 Å². The Balaban J connectivity index is 1.77. The lowest BCUT2D eigenvalue weighted by atomic mass is 10.1. The van der Waals surface area contributed by atoms with Gasteiger partial charge in [-0.05, 0) is 31.2 Å². The molecular formula is C25H15BrClF5N2O3. The fourth-order valence-corrected chi connectivity index (χ4v) is 4.18. The number of benzene rings is 3. The highest BCUT2D eigenvalue weighted by Crippen LogP contribution is 2.39. The highest BCUT2D eigenvalue weighted by Gasteiger charge is 2.37. The topological polar surface area (TPSA) is 51.1 Å². The number of carbonyl (C=O) groups excluding carboxylic acids is 1. The van der Waals surface area contributed by atoms with Crippen LogP contribution in [-0.4, -0.2) is 18.7 Å². The number of anilines is 1. The summed E-state index contributed by atoms with van der Waals surface area (Å²) in [6.07, 6.45) is 1.31. The predicted octanol–water partition coefficient (Wildman–Crippen LogP) is 7.19. The number of amides is 1. The minimum atomic E-state index is -2.34. The Bertz CT molecular complexity index is 1470. The van der Waals surface area contributed by atoms with Crippen molar-refractivity contribution >= 4 is 50.9 Å². The third-order valence-electron chi connectivity index (χ3n) is 5.36. The maximum absolute atomic E-state index is 14.4.